The van der Waals surface area contributed by atoms with Gasteiger partial charge in [0, 0.05) is 6.54 Å². The Morgan fingerprint density at radius 2 is 1.84 bits per heavy atom. The van der Waals surface area contributed by atoms with Crippen LogP contribution in [0.4, 0.5) is 0 Å². The van der Waals surface area contributed by atoms with Crippen LogP contribution in [0.3, 0.4) is 0 Å². The van der Waals surface area contributed by atoms with E-state index in [4.69, 9.17) is 0 Å². The highest BCUT2D eigenvalue weighted by Gasteiger charge is 2.61. The number of carbonyl (C=O) groups excluding carboxylic acids is 1. The van der Waals surface area contributed by atoms with Gasteiger partial charge in [-0.05, 0) is 49.4 Å². The zero-order valence-corrected chi connectivity index (χ0v) is 12.8. The first-order valence-electron chi connectivity index (χ1n) is 7.97. The average molecular weight is 264 g/mol. The van der Waals surface area contributed by atoms with Gasteiger partial charge in [-0.2, -0.15) is 0 Å². The summed E-state index contributed by atoms with van der Waals surface area (Å²) in [6, 6.07) is 0. The lowest BCUT2D eigenvalue weighted by molar-refractivity contribution is -0.132. The van der Waals surface area contributed by atoms with Gasteiger partial charge in [0.1, 0.15) is 0 Å². The number of amides is 1. The molecule has 3 heteroatoms. The third-order valence-electron chi connectivity index (χ3n) is 5.54. The van der Waals surface area contributed by atoms with Gasteiger partial charge in [0.25, 0.3) is 0 Å². The molecule has 3 nitrogen and oxygen atoms in total. The molecule has 19 heavy (non-hydrogen) atoms. The normalized spacial score (nSPS) is 30.7. The molecule has 0 aromatic heterocycles. The minimum atomic E-state index is -0.146. The van der Waals surface area contributed by atoms with Gasteiger partial charge in [-0.15, -0.1) is 0 Å². The van der Waals surface area contributed by atoms with Crippen LogP contribution in [0, 0.1) is 17.3 Å². The lowest BCUT2D eigenvalue weighted by atomic mass is 9.91. The molecule has 1 spiro atoms. The second-order valence-corrected chi connectivity index (χ2v) is 7.82. The van der Waals surface area contributed by atoms with Crippen molar-refractivity contribution in [1.82, 2.24) is 10.2 Å². The van der Waals surface area contributed by atoms with E-state index in [1.165, 1.54) is 12.8 Å². The number of hydrogen-bond donors (Lipinski definition) is 1. The third-order valence-corrected chi connectivity index (χ3v) is 5.54. The van der Waals surface area contributed by atoms with Crippen molar-refractivity contribution in [2.75, 3.05) is 6.54 Å². The van der Waals surface area contributed by atoms with Gasteiger partial charge in [-0.1, -0.05) is 27.7 Å². The highest BCUT2D eigenvalue weighted by molar-refractivity contribution is 5.91. The van der Waals surface area contributed by atoms with Gasteiger partial charge in [0.15, 0.2) is 0 Å². The minimum absolute atomic E-state index is 0.146. The molecule has 1 unspecified atom stereocenters. The van der Waals surface area contributed by atoms with Crippen molar-refractivity contribution in [2.24, 2.45) is 17.3 Å². The van der Waals surface area contributed by atoms with Crippen molar-refractivity contribution in [3.05, 3.63) is 0 Å². The van der Waals surface area contributed by atoms with E-state index in [0.717, 1.165) is 25.8 Å². The Labute approximate surface area is 117 Å². The Morgan fingerprint density at radius 3 is 2.26 bits per heavy atom. The van der Waals surface area contributed by atoms with Crippen molar-refractivity contribution in [2.45, 2.75) is 71.5 Å². The number of nitrogens with one attached hydrogen (secondary N) is 1. The fourth-order valence-electron chi connectivity index (χ4n) is 3.59. The molecule has 1 N–H and O–H groups in total. The maximum Gasteiger partial charge on any atom is 0.244 e. The molecule has 3 aliphatic rings. The standard InChI is InChI=1S/C16H28N2O/c1-11(2)9-13-17-16(7-8-16)14(19)18(13)10-15(5-6-15)12(3)4/h11-13,17H,5-10H2,1-4H3. The summed E-state index contributed by atoms with van der Waals surface area (Å²) in [6.45, 7) is 10.1. The van der Waals surface area contributed by atoms with E-state index in [0.29, 0.717) is 23.2 Å². The zero-order chi connectivity index (χ0) is 13.8. The van der Waals surface area contributed by atoms with Gasteiger partial charge < -0.3 is 4.90 Å². The largest absolute Gasteiger partial charge is 0.325 e. The molecule has 0 aromatic rings. The van der Waals surface area contributed by atoms with E-state index in [9.17, 15) is 4.79 Å². The molecule has 2 aliphatic carbocycles. The average Bonchev–Trinajstić information content (AvgIpc) is 3.19. The van der Waals surface area contributed by atoms with Crippen molar-refractivity contribution >= 4 is 5.91 Å². The zero-order valence-electron chi connectivity index (χ0n) is 12.8. The van der Waals surface area contributed by atoms with Crippen LogP contribution in [0.5, 0.6) is 0 Å². The summed E-state index contributed by atoms with van der Waals surface area (Å²) in [5.74, 6) is 1.72. The van der Waals surface area contributed by atoms with Gasteiger partial charge >= 0.3 is 0 Å². The molecule has 0 aromatic carbocycles. The number of hydrogen-bond acceptors (Lipinski definition) is 2. The number of carbonyl (C=O) groups is 1. The van der Waals surface area contributed by atoms with Crippen LogP contribution in [0.2, 0.25) is 0 Å². The molecular formula is C16H28N2O. The molecule has 2 saturated carbocycles. The third kappa shape index (κ3) is 2.20. The summed E-state index contributed by atoms with van der Waals surface area (Å²) in [4.78, 5) is 14.9. The van der Waals surface area contributed by atoms with E-state index in [2.05, 4.69) is 37.9 Å². The Kier molecular flexibility index (Phi) is 2.97. The van der Waals surface area contributed by atoms with Crippen molar-refractivity contribution in [3.8, 4) is 0 Å². The lowest BCUT2D eigenvalue weighted by Gasteiger charge is -2.31. The fourth-order valence-corrected chi connectivity index (χ4v) is 3.59. The summed E-state index contributed by atoms with van der Waals surface area (Å²) in [5.41, 5.74) is 0.277. The van der Waals surface area contributed by atoms with Gasteiger partial charge in [0.05, 0.1) is 11.7 Å². The second-order valence-electron chi connectivity index (χ2n) is 7.82. The van der Waals surface area contributed by atoms with E-state index in [1.807, 2.05) is 0 Å². The van der Waals surface area contributed by atoms with Gasteiger partial charge in [-0.25, -0.2) is 0 Å². The van der Waals surface area contributed by atoms with Gasteiger partial charge in [-0.3, -0.25) is 10.1 Å². The number of nitrogens with zero attached hydrogens (tertiary/aromatic N) is 1. The topological polar surface area (TPSA) is 32.3 Å². The van der Waals surface area contributed by atoms with E-state index in [-0.39, 0.29) is 11.7 Å². The van der Waals surface area contributed by atoms with Crippen LogP contribution >= 0.6 is 0 Å². The van der Waals surface area contributed by atoms with Crippen LogP contribution in [-0.4, -0.2) is 29.1 Å². The van der Waals surface area contributed by atoms with E-state index >= 15 is 0 Å². The van der Waals surface area contributed by atoms with Crippen LogP contribution in [0.1, 0.15) is 59.8 Å². The lowest BCUT2D eigenvalue weighted by Crippen LogP contribution is -2.42. The monoisotopic (exact) mass is 264 g/mol. The molecule has 0 radical (unpaired) electrons. The van der Waals surface area contributed by atoms with Crippen LogP contribution < -0.4 is 5.32 Å². The maximum atomic E-state index is 12.7. The molecule has 0 bridgehead atoms. The van der Waals surface area contributed by atoms with Gasteiger partial charge in [0.2, 0.25) is 5.91 Å². The van der Waals surface area contributed by atoms with Crippen LogP contribution in [0.15, 0.2) is 0 Å². The highest BCUT2D eigenvalue weighted by Crippen LogP contribution is 2.54. The molecule has 3 fully saturated rings. The smallest absolute Gasteiger partial charge is 0.244 e. The summed E-state index contributed by atoms with van der Waals surface area (Å²) in [5, 5.41) is 3.64. The Morgan fingerprint density at radius 1 is 1.21 bits per heavy atom. The summed E-state index contributed by atoms with van der Waals surface area (Å²) < 4.78 is 0. The Bertz CT molecular complexity index is 380. The first-order chi connectivity index (χ1) is 8.89. The molecule has 108 valence electrons. The van der Waals surface area contributed by atoms with Crippen molar-refractivity contribution < 1.29 is 4.79 Å². The Balaban J connectivity index is 1.74. The predicted molar refractivity (Wildman–Crippen MR) is 76.6 cm³/mol. The molecule has 1 saturated heterocycles. The van der Waals surface area contributed by atoms with Crippen molar-refractivity contribution in [3.63, 3.8) is 0 Å². The summed E-state index contributed by atoms with van der Waals surface area (Å²) >= 11 is 0. The first kappa shape index (κ1) is 13.4. The minimum Gasteiger partial charge on any atom is -0.325 e. The Hall–Kier alpha value is -0.570. The molecule has 1 heterocycles. The first-order valence-corrected chi connectivity index (χ1v) is 7.97. The molecule has 1 atom stereocenters. The maximum absolute atomic E-state index is 12.7. The molecule has 3 rings (SSSR count). The quantitative estimate of drug-likeness (QED) is 0.828. The molecule has 1 aliphatic heterocycles. The number of rotatable bonds is 5. The fraction of sp³-hybridized carbons (Fsp3) is 0.938. The summed E-state index contributed by atoms with van der Waals surface area (Å²) in [7, 11) is 0. The molecule has 1 amide bonds. The van der Waals surface area contributed by atoms with Crippen LogP contribution in [-0.2, 0) is 4.79 Å². The van der Waals surface area contributed by atoms with Crippen molar-refractivity contribution in [1.29, 1.82) is 0 Å². The van der Waals surface area contributed by atoms with E-state index in [1.54, 1.807) is 0 Å². The highest BCUT2D eigenvalue weighted by atomic mass is 16.2. The SMILES string of the molecule is CC(C)CC1NC2(CC2)C(=O)N1CC1(C(C)C)CC1. The predicted octanol–water partition coefficient (Wildman–Crippen LogP) is 2.76. The molecular weight excluding hydrogens is 236 g/mol. The summed E-state index contributed by atoms with van der Waals surface area (Å²) in [6.07, 6.45) is 6.07. The second kappa shape index (κ2) is 4.21. The van der Waals surface area contributed by atoms with Crippen LogP contribution in [0.25, 0.3) is 0 Å². The van der Waals surface area contributed by atoms with E-state index < -0.39 is 0 Å².